The molecule has 0 N–H and O–H groups in total. The van der Waals surface area contributed by atoms with Gasteiger partial charge >= 0.3 is 0 Å². The summed E-state index contributed by atoms with van der Waals surface area (Å²) < 4.78 is 2.08. The summed E-state index contributed by atoms with van der Waals surface area (Å²) in [5.74, 6) is 1.00. The zero-order valence-electron chi connectivity index (χ0n) is 8.51. The fourth-order valence-corrected chi connectivity index (χ4v) is 1.44. The topological polar surface area (TPSA) is 22.2 Å². The van der Waals surface area contributed by atoms with Gasteiger partial charge in [-0.2, -0.15) is 0 Å². The van der Waals surface area contributed by atoms with Crippen molar-refractivity contribution in [2.45, 2.75) is 13.5 Å². The lowest BCUT2D eigenvalue weighted by Gasteiger charge is -2.04. The van der Waals surface area contributed by atoms with Crippen LogP contribution in [-0.4, -0.2) is 9.55 Å². The molecule has 3 heteroatoms. The Kier molecular flexibility index (Phi) is 2.51. The SMILES string of the molecule is [C-]#[N+]c1ccc(Cn2ccnc2C)cc1. The van der Waals surface area contributed by atoms with E-state index >= 15 is 0 Å². The molecule has 0 aliphatic heterocycles. The second-order valence-corrected chi connectivity index (χ2v) is 3.38. The third-order valence-corrected chi connectivity index (χ3v) is 2.34. The lowest BCUT2D eigenvalue weighted by molar-refractivity contribution is 0.762. The van der Waals surface area contributed by atoms with E-state index in [9.17, 15) is 0 Å². The highest BCUT2D eigenvalue weighted by molar-refractivity contribution is 5.45. The summed E-state index contributed by atoms with van der Waals surface area (Å²) in [4.78, 5) is 7.52. The number of aromatic nitrogens is 2. The van der Waals surface area contributed by atoms with Gasteiger partial charge in [0, 0.05) is 18.9 Å². The molecule has 0 aliphatic rings. The number of hydrogen-bond donors (Lipinski definition) is 0. The molecule has 0 saturated heterocycles. The van der Waals surface area contributed by atoms with E-state index in [2.05, 4.69) is 14.4 Å². The maximum Gasteiger partial charge on any atom is 0.187 e. The highest BCUT2D eigenvalue weighted by Gasteiger charge is 1.98. The average Bonchev–Trinajstić information content (AvgIpc) is 2.66. The van der Waals surface area contributed by atoms with Crippen LogP contribution in [0.2, 0.25) is 0 Å². The molecule has 0 amide bonds. The summed E-state index contributed by atoms with van der Waals surface area (Å²) in [6, 6.07) is 7.64. The normalized spacial score (nSPS) is 9.87. The van der Waals surface area contributed by atoms with Gasteiger partial charge in [-0.05, 0) is 12.5 Å². The Morgan fingerprint density at radius 2 is 2.07 bits per heavy atom. The minimum atomic E-state index is 0.682. The molecule has 2 aromatic rings. The Bertz CT molecular complexity index is 488. The third-order valence-electron chi connectivity index (χ3n) is 2.34. The summed E-state index contributed by atoms with van der Waals surface area (Å²) in [6.45, 7) is 9.64. The molecule has 3 nitrogen and oxygen atoms in total. The Morgan fingerprint density at radius 1 is 1.33 bits per heavy atom. The van der Waals surface area contributed by atoms with Gasteiger partial charge in [0.1, 0.15) is 5.82 Å². The smallest absolute Gasteiger partial charge is 0.187 e. The molecule has 0 unspecified atom stereocenters. The second-order valence-electron chi connectivity index (χ2n) is 3.38. The van der Waals surface area contributed by atoms with Crippen molar-refractivity contribution in [2.75, 3.05) is 0 Å². The van der Waals surface area contributed by atoms with Gasteiger partial charge in [-0.1, -0.05) is 24.3 Å². The highest BCUT2D eigenvalue weighted by Crippen LogP contribution is 2.13. The van der Waals surface area contributed by atoms with E-state index in [1.54, 1.807) is 6.20 Å². The van der Waals surface area contributed by atoms with Gasteiger partial charge in [-0.3, -0.25) is 0 Å². The highest BCUT2D eigenvalue weighted by atomic mass is 15.0. The zero-order chi connectivity index (χ0) is 10.7. The Hall–Kier alpha value is -2.08. The summed E-state index contributed by atoms with van der Waals surface area (Å²) in [7, 11) is 0. The molecular formula is C12H11N3. The molecule has 0 aliphatic carbocycles. The van der Waals surface area contributed by atoms with E-state index in [1.165, 1.54) is 5.56 Å². The van der Waals surface area contributed by atoms with Gasteiger partial charge < -0.3 is 4.57 Å². The average molecular weight is 197 g/mol. The molecule has 0 spiro atoms. The van der Waals surface area contributed by atoms with Gasteiger partial charge in [-0.25, -0.2) is 9.83 Å². The van der Waals surface area contributed by atoms with Crippen LogP contribution >= 0.6 is 0 Å². The number of nitrogens with zero attached hydrogens (tertiary/aromatic N) is 3. The van der Waals surface area contributed by atoms with Crippen LogP contribution in [0.5, 0.6) is 0 Å². The fourth-order valence-electron chi connectivity index (χ4n) is 1.44. The van der Waals surface area contributed by atoms with Crippen molar-refractivity contribution >= 4 is 5.69 Å². The first kappa shape index (κ1) is 9.47. The first-order chi connectivity index (χ1) is 7.29. The van der Waals surface area contributed by atoms with Gasteiger partial charge in [0.15, 0.2) is 5.69 Å². The predicted molar refractivity (Wildman–Crippen MR) is 58.8 cm³/mol. The first-order valence-corrected chi connectivity index (χ1v) is 4.74. The Balaban J connectivity index is 2.19. The van der Waals surface area contributed by atoms with E-state index in [0.717, 1.165) is 12.4 Å². The predicted octanol–water partition coefficient (Wildman–Crippen LogP) is 2.79. The van der Waals surface area contributed by atoms with E-state index in [0.29, 0.717) is 5.69 Å². The van der Waals surface area contributed by atoms with Crippen LogP contribution in [0.1, 0.15) is 11.4 Å². The summed E-state index contributed by atoms with van der Waals surface area (Å²) >= 11 is 0. The molecule has 1 aromatic heterocycles. The number of aryl methyl sites for hydroxylation is 1. The monoisotopic (exact) mass is 197 g/mol. The molecule has 0 saturated carbocycles. The van der Waals surface area contributed by atoms with Crippen LogP contribution in [0.3, 0.4) is 0 Å². The van der Waals surface area contributed by atoms with Crippen molar-refractivity contribution in [1.82, 2.24) is 9.55 Å². The van der Waals surface area contributed by atoms with E-state index in [4.69, 9.17) is 6.57 Å². The summed E-state index contributed by atoms with van der Waals surface area (Å²) in [5.41, 5.74) is 1.87. The van der Waals surface area contributed by atoms with E-state index in [1.807, 2.05) is 37.4 Å². The number of imidazole rings is 1. The molecule has 0 atom stereocenters. The molecule has 15 heavy (non-hydrogen) atoms. The van der Waals surface area contributed by atoms with Crippen LogP contribution in [0, 0.1) is 13.5 Å². The van der Waals surface area contributed by atoms with Crippen LogP contribution in [0.15, 0.2) is 36.7 Å². The van der Waals surface area contributed by atoms with Crippen molar-refractivity contribution in [3.63, 3.8) is 0 Å². The molecule has 0 radical (unpaired) electrons. The van der Waals surface area contributed by atoms with Gasteiger partial charge in [0.25, 0.3) is 0 Å². The molecule has 0 fully saturated rings. The zero-order valence-corrected chi connectivity index (χ0v) is 8.51. The second kappa shape index (κ2) is 3.97. The van der Waals surface area contributed by atoms with E-state index in [-0.39, 0.29) is 0 Å². The van der Waals surface area contributed by atoms with Crippen LogP contribution in [-0.2, 0) is 6.54 Å². The standard InChI is InChI=1S/C12H11N3/c1-10-14-7-8-15(10)9-11-3-5-12(13-2)6-4-11/h3-8H,9H2,1H3. The largest absolute Gasteiger partial charge is 0.331 e. The molecule has 2 rings (SSSR count). The quantitative estimate of drug-likeness (QED) is 0.678. The van der Waals surface area contributed by atoms with Crippen LogP contribution < -0.4 is 0 Å². The van der Waals surface area contributed by atoms with Crippen LogP contribution in [0.4, 0.5) is 5.69 Å². The van der Waals surface area contributed by atoms with Crippen molar-refractivity contribution in [3.8, 4) is 0 Å². The molecule has 74 valence electrons. The Morgan fingerprint density at radius 3 is 2.60 bits per heavy atom. The maximum atomic E-state index is 6.85. The van der Waals surface area contributed by atoms with E-state index < -0.39 is 0 Å². The molecular weight excluding hydrogens is 186 g/mol. The van der Waals surface area contributed by atoms with Gasteiger partial charge in [-0.15, -0.1) is 0 Å². The first-order valence-electron chi connectivity index (χ1n) is 4.74. The maximum absolute atomic E-state index is 6.85. The van der Waals surface area contributed by atoms with Crippen molar-refractivity contribution in [2.24, 2.45) is 0 Å². The number of hydrogen-bond acceptors (Lipinski definition) is 1. The van der Waals surface area contributed by atoms with Crippen molar-refractivity contribution < 1.29 is 0 Å². The number of benzene rings is 1. The van der Waals surface area contributed by atoms with Crippen molar-refractivity contribution in [1.29, 1.82) is 0 Å². The van der Waals surface area contributed by atoms with Crippen molar-refractivity contribution in [3.05, 3.63) is 59.5 Å². The minimum Gasteiger partial charge on any atom is -0.331 e. The Labute approximate surface area is 88.8 Å². The number of rotatable bonds is 2. The lowest BCUT2D eigenvalue weighted by atomic mass is 10.2. The molecule has 0 bridgehead atoms. The summed E-state index contributed by atoms with van der Waals surface area (Å²) in [6.07, 6.45) is 3.75. The minimum absolute atomic E-state index is 0.682. The fraction of sp³-hybridized carbons (Fsp3) is 0.167. The third kappa shape index (κ3) is 2.05. The molecule has 1 aromatic carbocycles. The summed E-state index contributed by atoms with van der Waals surface area (Å²) in [5, 5.41) is 0. The lowest BCUT2D eigenvalue weighted by Crippen LogP contribution is -2.00. The van der Waals surface area contributed by atoms with Gasteiger partial charge in [0.05, 0.1) is 6.57 Å². The van der Waals surface area contributed by atoms with Crippen LogP contribution in [0.25, 0.3) is 4.85 Å². The molecule has 1 heterocycles. The van der Waals surface area contributed by atoms with Gasteiger partial charge in [0.2, 0.25) is 0 Å².